The Balaban J connectivity index is 1.93. The van der Waals surface area contributed by atoms with Crippen LogP contribution in [0.3, 0.4) is 0 Å². The molecule has 1 aromatic heterocycles. The average Bonchev–Trinajstić information content (AvgIpc) is 2.80. The summed E-state index contributed by atoms with van der Waals surface area (Å²) in [7, 11) is 0. The third kappa shape index (κ3) is 2.77. The standard InChI is InChI=1S/C21H29NOS/c1-14(2)11-12-22(19(23)18-20(3,4)21(18,5)6)17-13-15-9-7-8-10-16(15)24-17/h7-10,13-14,18H,11-12H2,1-6H3. The zero-order valence-electron chi connectivity index (χ0n) is 15.7. The van der Waals surface area contributed by atoms with Crippen LogP contribution >= 0.6 is 11.3 Å². The highest BCUT2D eigenvalue weighted by Crippen LogP contribution is 2.69. The van der Waals surface area contributed by atoms with Crippen LogP contribution in [0.2, 0.25) is 0 Å². The minimum absolute atomic E-state index is 0.0802. The van der Waals surface area contributed by atoms with Gasteiger partial charge >= 0.3 is 0 Å². The highest BCUT2D eigenvalue weighted by Gasteiger charge is 2.68. The van der Waals surface area contributed by atoms with Crippen molar-refractivity contribution in [1.29, 1.82) is 0 Å². The van der Waals surface area contributed by atoms with Gasteiger partial charge in [0.05, 0.1) is 5.00 Å². The molecule has 2 nitrogen and oxygen atoms in total. The normalized spacial score (nSPS) is 19.0. The lowest BCUT2D eigenvalue weighted by Crippen LogP contribution is -2.34. The van der Waals surface area contributed by atoms with Gasteiger partial charge in [-0.05, 0) is 40.7 Å². The molecule has 0 saturated heterocycles. The largest absolute Gasteiger partial charge is 0.303 e. The van der Waals surface area contributed by atoms with E-state index in [2.05, 4.69) is 76.8 Å². The predicted octanol–water partition coefficient (Wildman–Crippen LogP) is 5.96. The summed E-state index contributed by atoms with van der Waals surface area (Å²) in [6, 6.07) is 10.6. The molecule has 1 aromatic carbocycles. The van der Waals surface area contributed by atoms with E-state index in [0.717, 1.165) is 18.0 Å². The maximum Gasteiger partial charge on any atom is 0.231 e. The molecule has 0 spiro atoms. The molecule has 3 heteroatoms. The summed E-state index contributed by atoms with van der Waals surface area (Å²) < 4.78 is 1.25. The van der Waals surface area contributed by atoms with Gasteiger partial charge in [-0.2, -0.15) is 0 Å². The van der Waals surface area contributed by atoms with Crippen molar-refractivity contribution in [2.75, 3.05) is 11.4 Å². The number of fused-ring (bicyclic) bond motifs is 1. The van der Waals surface area contributed by atoms with E-state index < -0.39 is 0 Å². The van der Waals surface area contributed by atoms with Gasteiger partial charge in [0, 0.05) is 17.2 Å². The number of hydrogen-bond acceptors (Lipinski definition) is 2. The van der Waals surface area contributed by atoms with Gasteiger partial charge in [0.15, 0.2) is 0 Å². The molecule has 2 aromatic rings. The number of hydrogen-bond donors (Lipinski definition) is 0. The molecular weight excluding hydrogens is 314 g/mol. The molecular formula is C21H29NOS. The molecule has 0 bridgehead atoms. The fourth-order valence-corrected chi connectivity index (χ4v) is 4.88. The monoisotopic (exact) mass is 343 g/mol. The number of thiophene rings is 1. The SMILES string of the molecule is CC(C)CCN(C(=O)C1C(C)(C)C1(C)C)c1cc2ccccc2s1. The van der Waals surface area contributed by atoms with Crippen LogP contribution in [0.4, 0.5) is 5.00 Å². The smallest absolute Gasteiger partial charge is 0.231 e. The van der Waals surface area contributed by atoms with Crippen LogP contribution in [0.1, 0.15) is 48.0 Å². The second kappa shape index (κ2) is 5.87. The summed E-state index contributed by atoms with van der Waals surface area (Å²) in [5, 5.41) is 2.33. The van der Waals surface area contributed by atoms with E-state index >= 15 is 0 Å². The van der Waals surface area contributed by atoms with E-state index in [1.807, 2.05) is 0 Å². The lowest BCUT2D eigenvalue weighted by Gasteiger charge is -2.23. The Hall–Kier alpha value is -1.35. The van der Waals surface area contributed by atoms with Crippen molar-refractivity contribution < 1.29 is 4.79 Å². The topological polar surface area (TPSA) is 20.3 Å². The molecule has 1 aliphatic carbocycles. The predicted molar refractivity (Wildman–Crippen MR) is 105 cm³/mol. The summed E-state index contributed by atoms with van der Waals surface area (Å²) in [4.78, 5) is 15.4. The minimum atomic E-state index is 0.0802. The Bertz CT molecular complexity index is 709. The quantitative estimate of drug-likeness (QED) is 0.655. The zero-order chi connectivity index (χ0) is 17.7. The number of amides is 1. The number of anilines is 1. The van der Waals surface area contributed by atoms with Crippen molar-refractivity contribution >= 4 is 32.3 Å². The average molecular weight is 344 g/mol. The molecule has 1 fully saturated rings. The van der Waals surface area contributed by atoms with E-state index in [1.54, 1.807) is 11.3 Å². The van der Waals surface area contributed by atoms with Gasteiger partial charge in [-0.25, -0.2) is 0 Å². The summed E-state index contributed by atoms with van der Waals surface area (Å²) in [6.07, 6.45) is 1.04. The van der Waals surface area contributed by atoms with Gasteiger partial charge in [-0.15, -0.1) is 11.3 Å². The Labute approximate surface area is 149 Å². The molecule has 130 valence electrons. The molecule has 1 saturated carbocycles. The van der Waals surface area contributed by atoms with Crippen LogP contribution in [-0.4, -0.2) is 12.5 Å². The highest BCUT2D eigenvalue weighted by molar-refractivity contribution is 7.23. The van der Waals surface area contributed by atoms with Gasteiger partial charge in [0.2, 0.25) is 5.91 Å². The third-order valence-electron chi connectivity index (χ3n) is 6.14. The number of nitrogens with zero attached hydrogens (tertiary/aromatic N) is 1. The number of carbonyl (C=O) groups excluding carboxylic acids is 1. The minimum Gasteiger partial charge on any atom is -0.303 e. The maximum absolute atomic E-state index is 13.4. The third-order valence-corrected chi connectivity index (χ3v) is 7.28. The fraction of sp³-hybridized carbons (Fsp3) is 0.571. The van der Waals surface area contributed by atoms with Crippen LogP contribution in [-0.2, 0) is 4.79 Å². The molecule has 0 radical (unpaired) electrons. The van der Waals surface area contributed by atoms with Crippen LogP contribution in [0.5, 0.6) is 0 Å². The van der Waals surface area contributed by atoms with Crippen LogP contribution in [0.15, 0.2) is 30.3 Å². The van der Waals surface area contributed by atoms with Gasteiger partial charge < -0.3 is 4.90 Å². The van der Waals surface area contributed by atoms with E-state index in [1.165, 1.54) is 10.1 Å². The Morgan fingerprint density at radius 1 is 1.17 bits per heavy atom. The number of carbonyl (C=O) groups is 1. The van der Waals surface area contributed by atoms with Crippen molar-refractivity contribution in [3.05, 3.63) is 30.3 Å². The van der Waals surface area contributed by atoms with Gasteiger partial charge in [-0.3, -0.25) is 4.79 Å². The van der Waals surface area contributed by atoms with Gasteiger partial charge in [-0.1, -0.05) is 59.7 Å². The van der Waals surface area contributed by atoms with Gasteiger partial charge in [0.1, 0.15) is 0 Å². The molecule has 24 heavy (non-hydrogen) atoms. The summed E-state index contributed by atoms with van der Waals surface area (Å²) >= 11 is 1.74. The second-order valence-electron chi connectivity index (χ2n) is 8.67. The summed E-state index contributed by atoms with van der Waals surface area (Å²) in [5.74, 6) is 1.01. The fourth-order valence-electron chi connectivity index (χ4n) is 3.79. The van der Waals surface area contributed by atoms with Crippen LogP contribution in [0, 0.1) is 22.7 Å². The molecule has 1 amide bonds. The molecule has 0 N–H and O–H groups in total. The Morgan fingerprint density at radius 3 is 2.33 bits per heavy atom. The van der Waals surface area contributed by atoms with E-state index in [0.29, 0.717) is 11.8 Å². The molecule has 0 aliphatic heterocycles. The van der Waals surface area contributed by atoms with Crippen molar-refractivity contribution in [2.45, 2.75) is 48.0 Å². The van der Waals surface area contributed by atoms with Crippen molar-refractivity contribution in [2.24, 2.45) is 22.7 Å². The Morgan fingerprint density at radius 2 is 1.79 bits per heavy atom. The lowest BCUT2D eigenvalue weighted by atomic mass is 10.0. The van der Waals surface area contributed by atoms with Crippen molar-refractivity contribution in [3.8, 4) is 0 Å². The summed E-state index contributed by atoms with van der Waals surface area (Å²) in [6.45, 7) is 14.1. The highest BCUT2D eigenvalue weighted by atomic mass is 32.1. The van der Waals surface area contributed by atoms with E-state index in [9.17, 15) is 4.79 Å². The van der Waals surface area contributed by atoms with Crippen molar-refractivity contribution in [3.63, 3.8) is 0 Å². The number of rotatable bonds is 5. The lowest BCUT2D eigenvalue weighted by molar-refractivity contribution is -0.120. The first-order chi connectivity index (χ1) is 11.2. The van der Waals surface area contributed by atoms with Gasteiger partial charge in [0.25, 0.3) is 0 Å². The van der Waals surface area contributed by atoms with E-state index in [4.69, 9.17) is 0 Å². The zero-order valence-corrected chi connectivity index (χ0v) is 16.5. The molecule has 0 atom stereocenters. The van der Waals surface area contributed by atoms with Crippen LogP contribution < -0.4 is 4.90 Å². The molecule has 0 unspecified atom stereocenters. The second-order valence-corrected chi connectivity index (χ2v) is 9.73. The first-order valence-electron chi connectivity index (χ1n) is 8.96. The van der Waals surface area contributed by atoms with E-state index in [-0.39, 0.29) is 16.7 Å². The first kappa shape index (κ1) is 17.5. The Kier molecular flexibility index (Phi) is 4.28. The van der Waals surface area contributed by atoms with Crippen molar-refractivity contribution in [1.82, 2.24) is 0 Å². The number of benzene rings is 1. The molecule has 1 heterocycles. The molecule has 1 aliphatic rings. The summed E-state index contributed by atoms with van der Waals surface area (Å²) in [5.41, 5.74) is 0.160. The first-order valence-corrected chi connectivity index (χ1v) is 9.78. The van der Waals surface area contributed by atoms with Crippen LogP contribution in [0.25, 0.3) is 10.1 Å². The maximum atomic E-state index is 13.4. The molecule has 3 rings (SSSR count).